The zero-order chi connectivity index (χ0) is 18.7. The Bertz CT molecular complexity index is 858. The first-order valence-electron chi connectivity index (χ1n) is 7.91. The van der Waals surface area contributed by atoms with Crippen molar-refractivity contribution in [3.05, 3.63) is 51.5 Å². The van der Waals surface area contributed by atoms with Crippen LogP contribution in [0.5, 0.6) is 5.75 Å². The third-order valence-electron chi connectivity index (χ3n) is 3.85. The molecule has 1 heterocycles. The minimum absolute atomic E-state index is 0.0514. The molecule has 1 aliphatic heterocycles. The van der Waals surface area contributed by atoms with E-state index in [1.54, 1.807) is 35.2 Å². The van der Waals surface area contributed by atoms with E-state index in [4.69, 9.17) is 39.5 Å². The zero-order valence-electron chi connectivity index (χ0n) is 13.6. The van der Waals surface area contributed by atoms with E-state index in [1.807, 2.05) is 0 Å². The molecule has 3 rings (SSSR count). The predicted molar refractivity (Wildman–Crippen MR) is 104 cm³/mol. The molecule has 0 aromatic heterocycles. The number of amides is 2. The van der Waals surface area contributed by atoms with Gasteiger partial charge in [0.1, 0.15) is 5.75 Å². The topological polar surface area (TPSA) is 58.6 Å². The van der Waals surface area contributed by atoms with E-state index in [0.717, 1.165) is 6.42 Å². The Morgan fingerprint density at radius 3 is 2.62 bits per heavy atom. The van der Waals surface area contributed by atoms with Crippen molar-refractivity contribution >= 4 is 58.0 Å². The van der Waals surface area contributed by atoms with Gasteiger partial charge in [-0.2, -0.15) is 0 Å². The van der Waals surface area contributed by atoms with Gasteiger partial charge in [0.05, 0.1) is 15.7 Å². The Balaban J connectivity index is 1.61. The Morgan fingerprint density at radius 2 is 1.92 bits per heavy atom. The molecule has 1 fully saturated rings. The standard InChI is InChI=1S/C18H15Cl3N2O3/c19-11-3-5-13(20)16(8-11)26-10-17(24)22-12-4-6-15(14(21)9-12)23-7-1-2-18(23)25/h3-6,8-9H,1-2,7,10H2,(H,22,24). The summed E-state index contributed by atoms with van der Waals surface area (Å²) in [5.41, 5.74) is 1.16. The van der Waals surface area contributed by atoms with Crippen LogP contribution in [0.25, 0.3) is 0 Å². The Morgan fingerprint density at radius 1 is 1.12 bits per heavy atom. The van der Waals surface area contributed by atoms with E-state index in [-0.39, 0.29) is 18.4 Å². The number of hydrogen-bond donors (Lipinski definition) is 1. The maximum atomic E-state index is 12.1. The van der Waals surface area contributed by atoms with E-state index in [1.165, 1.54) is 6.07 Å². The molecule has 2 aromatic carbocycles. The van der Waals surface area contributed by atoms with Crippen molar-refractivity contribution in [2.45, 2.75) is 12.8 Å². The van der Waals surface area contributed by atoms with Crippen LogP contribution in [0.1, 0.15) is 12.8 Å². The first kappa shape index (κ1) is 18.8. The van der Waals surface area contributed by atoms with Gasteiger partial charge in [0, 0.05) is 29.7 Å². The van der Waals surface area contributed by atoms with Gasteiger partial charge in [0.2, 0.25) is 5.91 Å². The van der Waals surface area contributed by atoms with Crippen molar-refractivity contribution in [1.82, 2.24) is 0 Å². The van der Waals surface area contributed by atoms with Crippen LogP contribution in [-0.4, -0.2) is 25.0 Å². The highest BCUT2D eigenvalue weighted by atomic mass is 35.5. The lowest BCUT2D eigenvalue weighted by Crippen LogP contribution is -2.24. The molecule has 0 aliphatic carbocycles. The van der Waals surface area contributed by atoms with Crippen LogP contribution in [0.4, 0.5) is 11.4 Å². The molecule has 2 amide bonds. The number of nitrogens with zero attached hydrogens (tertiary/aromatic N) is 1. The van der Waals surface area contributed by atoms with Crippen LogP contribution >= 0.6 is 34.8 Å². The van der Waals surface area contributed by atoms with Crippen LogP contribution < -0.4 is 15.0 Å². The lowest BCUT2D eigenvalue weighted by molar-refractivity contribution is -0.118. The molecule has 2 aromatic rings. The molecular formula is C18H15Cl3N2O3. The summed E-state index contributed by atoms with van der Waals surface area (Å²) in [5.74, 6) is 0.00726. The van der Waals surface area contributed by atoms with E-state index in [2.05, 4.69) is 5.32 Å². The molecule has 0 saturated carbocycles. The predicted octanol–water partition coefficient (Wildman–Crippen LogP) is 4.79. The minimum Gasteiger partial charge on any atom is -0.482 e. The fourth-order valence-corrected chi connectivity index (χ4v) is 3.25. The highest BCUT2D eigenvalue weighted by Crippen LogP contribution is 2.32. The van der Waals surface area contributed by atoms with Crippen LogP contribution in [-0.2, 0) is 9.59 Å². The average Bonchev–Trinajstić information content (AvgIpc) is 3.02. The Kier molecular flexibility index (Phi) is 5.91. The largest absolute Gasteiger partial charge is 0.482 e. The number of hydrogen-bond acceptors (Lipinski definition) is 3. The van der Waals surface area contributed by atoms with Crippen LogP contribution in [0.3, 0.4) is 0 Å². The van der Waals surface area contributed by atoms with Gasteiger partial charge < -0.3 is 15.0 Å². The third kappa shape index (κ3) is 4.41. The van der Waals surface area contributed by atoms with Crippen LogP contribution in [0, 0.1) is 0 Å². The highest BCUT2D eigenvalue weighted by Gasteiger charge is 2.23. The number of halogens is 3. The molecule has 8 heteroatoms. The molecular weight excluding hydrogens is 399 g/mol. The summed E-state index contributed by atoms with van der Waals surface area (Å²) in [6.45, 7) is 0.419. The summed E-state index contributed by atoms with van der Waals surface area (Å²) in [7, 11) is 0. The van der Waals surface area contributed by atoms with Gasteiger partial charge in [-0.3, -0.25) is 9.59 Å². The van der Waals surface area contributed by atoms with Crippen molar-refractivity contribution in [2.75, 3.05) is 23.4 Å². The monoisotopic (exact) mass is 412 g/mol. The van der Waals surface area contributed by atoms with E-state index in [0.29, 0.717) is 45.2 Å². The molecule has 0 bridgehead atoms. The molecule has 1 N–H and O–H groups in total. The maximum Gasteiger partial charge on any atom is 0.262 e. The van der Waals surface area contributed by atoms with Crippen LogP contribution in [0.2, 0.25) is 15.1 Å². The summed E-state index contributed by atoms with van der Waals surface area (Å²) in [6, 6.07) is 9.77. The lowest BCUT2D eigenvalue weighted by atomic mass is 10.2. The van der Waals surface area contributed by atoms with Crippen molar-refractivity contribution < 1.29 is 14.3 Å². The van der Waals surface area contributed by atoms with Gasteiger partial charge in [0.25, 0.3) is 5.91 Å². The minimum atomic E-state index is -0.373. The molecule has 0 radical (unpaired) electrons. The maximum absolute atomic E-state index is 12.1. The summed E-state index contributed by atoms with van der Waals surface area (Å²) in [4.78, 5) is 25.5. The second-order valence-electron chi connectivity index (χ2n) is 5.73. The van der Waals surface area contributed by atoms with Gasteiger partial charge in [-0.1, -0.05) is 34.8 Å². The first-order valence-corrected chi connectivity index (χ1v) is 9.05. The third-order valence-corrected chi connectivity index (χ3v) is 4.70. The molecule has 0 atom stereocenters. The fourth-order valence-electron chi connectivity index (χ4n) is 2.63. The van der Waals surface area contributed by atoms with E-state index in [9.17, 15) is 9.59 Å². The average molecular weight is 414 g/mol. The molecule has 26 heavy (non-hydrogen) atoms. The lowest BCUT2D eigenvalue weighted by Gasteiger charge is -2.18. The number of nitrogens with one attached hydrogen (secondary N) is 1. The van der Waals surface area contributed by atoms with Crippen molar-refractivity contribution in [3.8, 4) is 5.75 Å². The normalized spacial score (nSPS) is 13.8. The van der Waals surface area contributed by atoms with Crippen molar-refractivity contribution in [1.29, 1.82) is 0 Å². The van der Waals surface area contributed by atoms with E-state index >= 15 is 0 Å². The Labute approximate surface area is 165 Å². The molecule has 1 saturated heterocycles. The van der Waals surface area contributed by atoms with Gasteiger partial charge >= 0.3 is 0 Å². The van der Waals surface area contributed by atoms with Gasteiger partial charge in [0.15, 0.2) is 6.61 Å². The number of anilines is 2. The highest BCUT2D eigenvalue weighted by molar-refractivity contribution is 6.34. The van der Waals surface area contributed by atoms with Gasteiger partial charge in [-0.15, -0.1) is 0 Å². The number of benzene rings is 2. The molecule has 0 unspecified atom stereocenters. The molecule has 5 nitrogen and oxygen atoms in total. The Hall–Kier alpha value is -1.95. The van der Waals surface area contributed by atoms with Crippen molar-refractivity contribution in [2.24, 2.45) is 0 Å². The van der Waals surface area contributed by atoms with Gasteiger partial charge in [-0.05, 0) is 36.8 Å². The first-order chi connectivity index (χ1) is 12.4. The second-order valence-corrected chi connectivity index (χ2v) is 6.98. The zero-order valence-corrected chi connectivity index (χ0v) is 15.9. The van der Waals surface area contributed by atoms with Crippen LogP contribution in [0.15, 0.2) is 36.4 Å². The number of rotatable bonds is 5. The summed E-state index contributed by atoms with van der Waals surface area (Å²) in [6.07, 6.45) is 1.34. The molecule has 1 aliphatic rings. The number of ether oxygens (including phenoxy) is 1. The van der Waals surface area contributed by atoms with E-state index < -0.39 is 0 Å². The van der Waals surface area contributed by atoms with Crippen molar-refractivity contribution in [3.63, 3.8) is 0 Å². The second kappa shape index (κ2) is 8.16. The smallest absolute Gasteiger partial charge is 0.262 e. The molecule has 136 valence electrons. The summed E-state index contributed by atoms with van der Waals surface area (Å²) < 4.78 is 5.39. The number of carbonyl (C=O) groups is 2. The SMILES string of the molecule is O=C(COc1cc(Cl)ccc1Cl)Nc1ccc(N2CCCC2=O)c(Cl)c1. The fraction of sp³-hybridized carbons (Fsp3) is 0.222. The quantitative estimate of drug-likeness (QED) is 0.766. The summed E-state index contributed by atoms with van der Waals surface area (Å²) >= 11 is 18.1. The summed E-state index contributed by atoms with van der Waals surface area (Å²) in [5, 5.41) is 3.92. The molecule has 0 spiro atoms. The van der Waals surface area contributed by atoms with Gasteiger partial charge in [-0.25, -0.2) is 0 Å². The number of carbonyl (C=O) groups excluding carboxylic acids is 2.